The van der Waals surface area contributed by atoms with Gasteiger partial charge < -0.3 is 0 Å². The molecule has 0 spiro atoms. The van der Waals surface area contributed by atoms with E-state index >= 15 is 0 Å². The standard InChI is InChI=1S/C11H12F2N2O2S/c1-2-15(8-4-7-14)18(16,17)10-6-3-5-9(12)11(10)13/h3,5-6H,2,4,8H2,1H3. The van der Waals surface area contributed by atoms with E-state index in [2.05, 4.69) is 0 Å². The van der Waals surface area contributed by atoms with E-state index in [-0.39, 0.29) is 19.5 Å². The molecule has 0 heterocycles. The summed E-state index contributed by atoms with van der Waals surface area (Å²) < 4.78 is 51.5. The maximum atomic E-state index is 13.5. The highest BCUT2D eigenvalue weighted by atomic mass is 32.2. The van der Waals surface area contributed by atoms with Crippen molar-refractivity contribution < 1.29 is 17.2 Å². The molecule has 0 aliphatic rings. The first kappa shape index (κ1) is 14.5. The Morgan fingerprint density at radius 2 is 2.06 bits per heavy atom. The molecular formula is C11H12F2N2O2S. The van der Waals surface area contributed by atoms with Gasteiger partial charge in [0.15, 0.2) is 11.6 Å². The van der Waals surface area contributed by atoms with Crippen LogP contribution >= 0.6 is 0 Å². The molecule has 98 valence electrons. The van der Waals surface area contributed by atoms with Crippen LogP contribution in [-0.4, -0.2) is 25.8 Å². The summed E-state index contributed by atoms with van der Waals surface area (Å²) in [5.41, 5.74) is 0. The quantitative estimate of drug-likeness (QED) is 0.823. The number of sulfonamides is 1. The number of hydrogen-bond donors (Lipinski definition) is 0. The lowest BCUT2D eigenvalue weighted by molar-refractivity contribution is 0.424. The molecule has 1 rings (SSSR count). The molecule has 0 fully saturated rings. The predicted octanol–water partition coefficient (Wildman–Crippen LogP) is 1.89. The number of halogens is 2. The maximum absolute atomic E-state index is 13.5. The van der Waals surface area contributed by atoms with Crippen molar-refractivity contribution in [2.24, 2.45) is 0 Å². The highest BCUT2D eigenvalue weighted by Gasteiger charge is 2.27. The van der Waals surface area contributed by atoms with E-state index in [0.717, 1.165) is 22.5 Å². The van der Waals surface area contributed by atoms with Gasteiger partial charge in [0, 0.05) is 19.5 Å². The molecule has 0 N–H and O–H groups in total. The summed E-state index contributed by atoms with van der Waals surface area (Å²) >= 11 is 0. The Labute approximate surface area is 105 Å². The van der Waals surface area contributed by atoms with E-state index in [1.807, 2.05) is 6.07 Å². The summed E-state index contributed by atoms with van der Waals surface area (Å²) in [6.07, 6.45) is -0.00992. The molecule has 0 bridgehead atoms. The van der Waals surface area contributed by atoms with Crippen LogP contribution in [0, 0.1) is 23.0 Å². The monoisotopic (exact) mass is 274 g/mol. The number of nitrogens with zero attached hydrogens (tertiary/aromatic N) is 2. The van der Waals surface area contributed by atoms with Crippen molar-refractivity contribution in [2.75, 3.05) is 13.1 Å². The van der Waals surface area contributed by atoms with E-state index in [0.29, 0.717) is 0 Å². The van der Waals surface area contributed by atoms with Crippen LogP contribution in [-0.2, 0) is 10.0 Å². The largest absolute Gasteiger partial charge is 0.246 e. The molecular weight excluding hydrogens is 262 g/mol. The van der Waals surface area contributed by atoms with Gasteiger partial charge in [0.25, 0.3) is 0 Å². The van der Waals surface area contributed by atoms with Crippen molar-refractivity contribution in [1.82, 2.24) is 4.31 Å². The first-order chi connectivity index (χ1) is 8.45. The van der Waals surface area contributed by atoms with Crippen LogP contribution in [0.2, 0.25) is 0 Å². The molecule has 1 aromatic rings. The van der Waals surface area contributed by atoms with Crippen LogP contribution in [0.25, 0.3) is 0 Å². The van der Waals surface area contributed by atoms with Crippen LogP contribution < -0.4 is 0 Å². The van der Waals surface area contributed by atoms with Gasteiger partial charge in [-0.25, -0.2) is 17.2 Å². The van der Waals surface area contributed by atoms with Gasteiger partial charge in [0.2, 0.25) is 10.0 Å². The van der Waals surface area contributed by atoms with Crippen molar-refractivity contribution >= 4 is 10.0 Å². The lowest BCUT2D eigenvalue weighted by atomic mass is 10.3. The van der Waals surface area contributed by atoms with Gasteiger partial charge in [0.1, 0.15) is 4.90 Å². The molecule has 0 amide bonds. The topological polar surface area (TPSA) is 61.2 Å². The van der Waals surface area contributed by atoms with E-state index in [9.17, 15) is 17.2 Å². The number of hydrogen-bond acceptors (Lipinski definition) is 3. The molecule has 0 aliphatic heterocycles. The lowest BCUT2D eigenvalue weighted by Crippen LogP contribution is -2.32. The second-order valence-electron chi connectivity index (χ2n) is 3.46. The van der Waals surface area contributed by atoms with Crippen molar-refractivity contribution in [3.8, 4) is 6.07 Å². The average molecular weight is 274 g/mol. The van der Waals surface area contributed by atoms with Crippen molar-refractivity contribution in [1.29, 1.82) is 5.26 Å². The number of rotatable bonds is 5. The Bertz CT molecular complexity index is 567. The Hall–Kier alpha value is -1.52. The molecule has 0 aliphatic carbocycles. The third kappa shape index (κ3) is 2.83. The van der Waals surface area contributed by atoms with Gasteiger partial charge in [-0.3, -0.25) is 0 Å². The molecule has 4 nitrogen and oxygen atoms in total. The van der Waals surface area contributed by atoms with E-state index in [4.69, 9.17) is 5.26 Å². The minimum Gasteiger partial charge on any atom is -0.207 e. The molecule has 7 heteroatoms. The number of nitriles is 1. The van der Waals surface area contributed by atoms with Crippen LogP contribution in [0.5, 0.6) is 0 Å². The minimum absolute atomic E-state index is 0.00992. The van der Waals surface area contributed by atoms with E-state index in [1.54, 1.807) is 6.92 Å². The second-order valence-corrected chi connectivity index (χ2v) is 5.36. The Balaban J connectivity index is 3.20. The zero-order valence-electron chi connectivity index (χ0n) is 9.73. The lowest BCUT2D eigenvalue weighted by Gasteiger charge is -2.19. The van der Waals surface area contributed by atoms with E-state index < -0.39 is 26.6 Å². The summed E-state index contributed by atoms with van der Waals surface area (Å²) in [7, 11) is -4.11. The smallest absolute Gasteiger partial charge is 0.207 e. The van der Waals surface area contributed by atoms with Crippen molar-refractivity contribution in [2.45, 2.75) is 18.2 Å². The average Bonchev–Trinajstić information content (AvgIpc) is 2.33. The molecule has 0 radical (unpaired) electrons. The fourth-order valence-electron chi connectivity index (χ4n) is 1.45. The Morgan fingerprint density at radius 3 is 2.61 bits per heavy atom. The molecule has 0 saturated heterocycles. The normalized spacial score (nSPS) is 11.5. The Morgan fingerprint density at radius 1 is 1.39 bits per heavy atom. The van der Waals surface area contributed by atoms with Gasteiger partial charge >= 0.3 is 0 Å². The third-order valence-corrected chi connectivity index (χ3v) is 4.35. The predicted molar refractivity (Wildman–Crippen MR) is 61.0 cm³/mol. The van der Waals surface area contributed by atoms with Crippen LogP contribution in [0.3, 0.4) is 0 Å². The molecule has 1 aromatic carbocycles. The summed E-state index contributed by atoms with van der Waals surface area (Å²) in [6, 6.07) is 4.79. The zero-order chi connectivity index (χ0) is 13.8. The van der Waals surface area contributed by atoms with Gasteiger partial charge in [-0.2, -0.15) is 9.57 Å². The molecule has 0 saturated carbocycles. The SMILES string of the molecule is CCN(CCC#N)S(=O)(=O)c1cccc(F)c1F. The van der Waals surface area contributed by atoms with Gasteiger partial charge in [0.05, 0.1) is 6.07 Å². The molecule has 0 atom stereocenters. The zero-order valence-corrected chi connectivity index (χ0v) is 10.5. The van der Waals surface area contributed by atoms with Crippen LogP contribution in [0.15, 0.2) is 23.1 Å². The Kier molecular flexibility index (Phi) is 4.76. The van der Waals surface area contributed by atoms with E-state index in [1.165, 1.54) is 0 Å². The summed E-state index contributed by atoms with van der Waals surface area (Å²) in [4.78, 5) is -0.706. The highest BCUT2D eigenvalue weighted by Crippen LogP contribution is 2.21. The summed E-state index contributed by atoms with van der Waals surface area (Å²) in [5.74, 6) is -2.61. The summed E-state index contributed by atoms with van der Waals surface area (Å²) in [6.45, 7) is 1.59. The molecule has 0 aromatic heterocycles. The first-order valence-corrected chi connectivity index (χ1v) is 6.70. The maximum Gasteiger partial charge on any atom is 0.246 e. The van der Waals surface area contributed by atoms with Crippen LogP contribution in [0.4, 0.5) is 8.78 Å². The van der Waals surface area contributed by atoms with Gasteiger partial charge in [-0.15, -0.1) is 0 Å². The van der Waals surface area contributed by atoms with Crippen molar-refractivity contribution in [3.63, 3.8) is 0 Å². The fourth-order valence-corrected chi connectivity index (χ4v) is 2.97. The second kappa shape index (κ2) is 5.89. The third-order valence-electron chi connectivity index (χ3n) is 2.36. The minimum atomic E-state index is -4.11. The molecule has 18 heavy (non-hydrogen) atoms. The molecule has 0 unspecified atom stereocenters. The fraction of sp³-hybridized carbons (Fsp3) is 0.364. The van der Waals surface area contributed by atoms with Gasteiger partial charge in [-0.05, 0) is 12.1 Å². The van der Waals surface area contributed by atoms with Crippen LogP contribution in [0.1, 0.15) is 13.3 Å². The first-order valence-electron chi connectivity index (χ1n) is 5.26. The highest BCUT2D eigenvalue weighted by molar-refractivity contribution is 7.89. The van der Waals surface area contributed by atoms with Crippen molar-refractivity contribution in [3.05, 3.63) is 29.8 Å². The van der Waals surface area contributed by atoms with Gasteiger partial charge in [-0.1, -0.05) is 13.0 Å². The number of benzene rings is 1. The summed E-state index contributed by atoms with van der Waals surface area (Å²) in [5, 5.41) is 8.44.